The van der Waals surface area contributed by atoms with Crippen molar-refractivity contribution < 1.29 is 9.90 Å². The zero-order valence-corrected chi connectivity index (χ0v) is 13.4. The lowest BCUT2D eigenvalue weighted by Crippen LogP contribution is -2.32. The predicted molar refractivity (Wildman–Crippen MR) is 83.1 cm³/mol. The molecule has 0 aliphatic heterocycles. The Hall–Kier alpha value is -1.51. The quantitative estimate of drug-likeness (QED) is 0.752. The molecule has 1 aliphatic rings. The summed E-state index contributed by atoms with van der Waals surface area (Å²) in [7, 11) is 0. The number of amides is 1. The average Bonchev–Trinajstić information content (AvgIpc) is 2.23. The summed E-state index contributed by atoms with van der Waals surface area (Å²) in [5, 5.41) is 9.49. The van der Waals surface area contributed by atoms with E-state index in [0.29, 0.717) is 12.0 Å². The Morgan fingerprint density at radius 2 is 1.75 bits per heavy atom. The van der Waals surface area contributed by atoms with Gasteiger partial charge in [-0.25, -0.2) is 0 Å². The van der Waals surface area contributed by atoms with Crippen molar-refractivity contribution in [1.29, 1.82) is 0 Å². The maximum atomic E-state index is 12.0. The van der Waals surface area contributed by atoms with Gasteiger partial charge in [0.15, 0.2) is 0 Å². The van der Waals surface area contributed by atoms with Gasteiger partial charge in [0.25, 0.3) is 0 Å². The second-order valence-corrected chi connectivity index (χ2v) is 7.48. The third kappa shape index (κ3) is 3.75. The summed E-state index contributed by atoms with van der Waals surface area (Å²) >= 11 is 0. The third-order valence-electron chi connectivity index (χ3n) is 3.52. The predicted octanol–water partition coefficient (Wildman–Crippen LogP) is 3.88. The minimum absolute atomic E-state index is 0.104. The average molecular weight is 277 g/mol. The number of nitrogens with two attached hydrogens (primary N) is 1. The molecule has 3 heteroatoms. The van der Waals surface area contributed by atoms with Crippen LogP contribution in [0.3, 0.4) is 0 Å². The summed E-state index contributed by atoms with van der Waals surface area (Å²) in [4.78, 5) is 12.0. The number of primary amides is 1. The first kappa shape index (κ1) is 16.5. The number of aliphatic hydroxyl groups is 1. The van der Waals surface area contributed by atoms with Crippen LogP contribution >= 0.6 is 0 Å². The number of allylic oxidation sites excluding steroid dienone is 4. The Morgan fingerprint density at radius 1 is 1.20 bits per heavy atom. The highest BCUT2D eigenvalue weighted by atomic mass is 16.3. The fourth-order valence-corrected chi connectivity index (χ4v) is 2.85. The van der Waals surface area contributed by atoms with E-state index in [-0.39, 0.29) is 28.4 Å². The van der Waals surface area contributed by atoms with Gasteiger partial charge in [-0.05, 0) is 35.0 Å². The maximum absolute atomic E-state index is 12.0. The van der Waals surface area contributed by atoms with Gasteiger partial charge in [-0.15, -0.1) is 0 Å². The molecular weight excluding hydrogens is 250 g/mol. The van der Waals surface area contributed by atoms with Gasteiger partial charge in [0.1, 0.15) is 5.76 Å². The largest absolute Gasteiger partial charge is 0.508 e. The van der Waals surface area contributed by atoms with Crippen LogP contribution in [-0.4, -0.2) is 11.0 Å². The van der Waals surface area contributed by atoms with Crippen molar-refractivity contribution in [1.82, 2.24) is 0 Å². The molecule has 1 aliphatic carbocycles. The van der Waals surface area contributed by atoms with E-state index in [4.69, 9.17) is 5.73 Å². The van der Waals surface area contributed by atoms with Crippen molar-refractivity contribution in [3.05, 3.63) is 35.1 Å². The molecule has 0 radical (unpaired) electrons. The van der Waals surface area contributed by atoms with E-state index in [0.717, 1.165) is 5.57 Å². The van der Waals surface area contributed by atoms with Crippen molar-refractivity contribution in [3.63, 3.8) is 0 Å². The van der Waals surface area contributed by atoms with Crippen LogP contribution in [0, 0.1) is 16.7 Å². The molecule has 1 unspecified atom stereocenters. The molecular formula is C17H27NO2. The van der Waals surface area contributed by atoms with Crippen LogP contribution in [0.15, 0.2) is 35.1 Å². The highest BCUT2D eigenvalue weighted by molar-refractivity contribution is 5.94. The van der Waals surface area contributed by atoms with Gasteiger partial charge in [0, 0.05) is 11.5 Å². The minimum atomic E-state index is -0.352. The third-order valence-corrected chi connectivity index (χ3v) is 3.52. The van der Waals surface area contributed by atoms with Crippen LogP contribution in [0.25, 0.3) is 0 Å². The topological polar surface area (TPSA) is 63.3 Å². The number of hydrogen-bond acceptors (Lipinski definition) is 2. The summed E-state index contributed by atoms with van der Waals surface area (Å²) in [6.45, 7) is 12.3. The second kappa shape index (κ2) is 5.47. The van der Waals surface area contributed by atoms with Crippen LogP contribution < -0.4 is 5.73 Å². The molecule has 0 saturated carbocycles. The highest BCUT2D eigenvalue weighted by Crippen LogP contribution is 2.42. The fraction of sp³-hybridized carbons (Fsp3) is 0.588. The van der Waals surface area contributed by atoms with Crippen LogP contribution in [-0.2, 0) is 4.79 Å². The van der Waals surface area contributed by atoms with E-state index < -0.39 is 0 Å². The zero-order chi connectivity index (χ0) is 15.7. The Morgan fingerprint density at radius 3 is 2.05 bits per heavy atom. The van der Waals surface area contributed by atoms with Gasteiger partial charge in [-0.1, -0.05) is 47.6 Å². The molecule has 0 aromatic heterocycles. The van der Waals surface area contributed by atoms with Crippen molar-refractivity contribution in [3.8, 4) is 0 Å². The fourth-order valence-electron chi connectivity index (χ4n) is 2.85. The van der Waals surface area contributed by atoms with Gasteiger partial charge in [-0.3, -0.25) is 4.79 Å². The summed E-state index contributed by atoms with van der Waals surface area (Å²) < 4.78 is 0. The summed E-state index contributed by atoms with van der Waals surface area (Å²) in [6.07, 6.45) is 6.14. The van der Waals surface area contributed by atoms with Crippen molar-refractivity contribution in [2.75, 3.05) is 0 Å². The lowest BCUT2D eigenvalue weighted by Gasteiger charge is -2.36. The number of rotatable bonds is 2. The van der Waals surface area contributed by atoms with Crippen molar-refractivity contribution >= 4 is 5.91 Å². The summed E-state index contributed by atoms with van der Waals surface area (Å²) in [5.74, 6) is 0.0353. The highest BCUT2D eigenvalue weighted by Gasteiger charge is 2.34. The van der Waals surface area contributed by atoms with Crippen LogP contribution in [0.1, 0.15) is 48.0 Å². The molecule has 0 fully saturated rings. The van der Waals surface area contributed by atoms with Crippen LogP contribution in [0.5, 0.6) is 0 Å². The summed E-state index contributed by atoms with van der Waals surface area (Å²) in [6, 6.07) is 0. The second-order valence-electron chi connectivity index (χ2n) is 7.48. The van der Waals surface area contributed by atoms with Gasteiger partial charge in [0.2, 0.25) is 5.91 Å². The maximum Gasteiger partial charge on any atom is 0.245 e. The van der Waals surface area contributed by atoms with E-state index in [9.17, 15) is 9.90 Å². The van der Waals surface area contributed by atoms with Gasteiger partial charge >= 0.3 is 0 Å². The Balaban J connectivity index is 3.47. The molecule has 0 heterocycles. The monoisotopic (exact) mass is 277 g/mol. The Bertz CT molecular complexity index is 482. The Kier molecular flexibility index (Phi) is 4.52. The number of carbonyl (C=O) groups is 1. The van der Waals surface area contributed by atoms with Crippen LogP contribution in [0.4, 0.5) is 0 Å². The van der Waals surface area contributed by atoms with Gasteiger partial charge in [-0.2, -0.15) is 0 Å². The molecule has 1 amide bonds. The van der Waals surface area contributed by atoms with Gasteiger partial charge < -0.3 is 10.8 Å². The van der Waals surface area contributed by atoms with E-state index in [1.54, 1.807) is 12.2 Å². The first-order valence-electron chi connectivity index (χ1n) is 7.07. The number of aliphatic hydroxyl groups excluding tert-OH is 1. The van der Waals surface area contributed by atoms with Crippen molar-refractivity contribution in [2.24, 2.45) is 22.5 Å². The summed E-state index contributed by atoms with van der Waals surface area (Å²) in [5.41, 5.74) is 6.98. The lowest BCUT2D eigenvalue weighted by atomic mass is 9.68. The van der Waals surface area contributed by atoms with Crippen molar-refractivity contribution in [2.45, 2.75) is 48.0 Å². The minimum Gasteiger partial charge on any atom is -0.508 e. The van der Waals surface area contributed by atoms with E-state index >= 15 is 0 Å². The molecule has 3 N–H and O–H groups in total. The molecule has 1 atom stereocenters. The normalized spacial score (nSPS) is 21.3. The first-order chi connectivity index (χ1) is 8.94. The first-order valence-corrected chi connectivity index (χ1v) is 7.07. The molecule has 1 rings (SSSR count). The number of hydrogen-bond donors (Lipinski definition) is 2. The molecule has 20 heavy (non-hydrogen) atoms. The molecule has 0 aromatic carbocycles. The standard InChI is InChI=1S/C17H27NO2/c1-16(2,3)13(11-7-9-12(19)10-8-11)14(15(18)20)17(4,5)6/h7,9-11,19H,8H2,1-6H3,(H2,18,20). The lowest BCUT2D eigenvalue weighted by molar-refractivity contribution is -0.115. The number of carbonyl (C=O) groups excluding carboxylic acids is 1. The van der Waals surface area contributed by atoms with E-state index in [1.807, 2.05) is 26.8 Å². The molecule has 112 valence electrons. The smallest absolute Gasteiger partial charge is 0.245 e. The molecule has 0 spiro atoms. The molecule has 0 bridgehead atoms. The Labute approximate surface area is 122 Å². The molecule has 0 saturated heterocycles. The SMILES string of the molecule is CC(C)(C)C(C(N)=O)=C(C1C=CC(O)=CC1)C(C)(C)C. The zero-order valence-electron chi connectivity index (χ0n) is 13.4. The molecule has 0 aromatic rings. The van der Waals surface area contributed by atoms with E-state index in [1.165, 1.54) is 0 Å². The van der Waals surface area contributed by atoms with Gasteiger partial charge in [0.05, 0.1) is 0 Å². The molecule has 3 nitrogen and oxygen atoms in total. The van der Waals surface area contributed by atoms with Crippen LogP contribution in [0.2, 0.25) is 0 Å². The van der Waals surface area contributed by atoms with E-state index in [2.05, 4.69) is 20.8 Å².